The molecule has 2 aliphatic carbocycles. The zero-order valence-corrected chi connectivity index (χ0v) is 12.8. The first-order chi connectivity index (χ1) is 9.88. The Kier molecular flexibility index (Phi) is 3.87. The molecule has 4 rings (SSSR count). The summed E-state index contributed by atoms with van der Waals surface area (Å²) in [4.78, 5) is 5.57. The molecule has 0 spiro atoms. The number of hydrogen-bond donors (Lipinski definition) is 0. The van der Waals surface area contributed by atoms with E-state index in [2.05, 4.69) is 22.0 Å². The van der Waals surface area contributed by atoms with Crippen molar-refractivity contribution in [2.75, 3.05) is 32.7 Å². The zero-order valence-electron chi connectivity index (χ0n) is 12.8. The van der Waals surface area contributed by atoms with Crippen molar-refractivity contribution < 1.29 is 0 Å². The molecular formula is C18H30N2. The highest BCUT2D eigenvalue weighted by Gasteiger charge is 2.37. The van der Waals surface area contributed by atoms with Gasteiger partial charge in [0.25, 0.3) is 0 Å². The van der Waals surface area contributed by atoms with E-state index < -0.39 is 0 Å². The van der Waals surface area contributed by atoms with E-state index in [9.17, 15) is 0 Å². The molecule has 3 fully saturated rings. The van der Waals surface area contributed by atoms with Gasteiger partial charge in [0.15, 0.2) is 0 Å². The summed E-state index contributed by atoms with van der Waals surface area (Å²) in [5, 5.41) is 0. The molecule has 2 nitrogen and oxygen atoms in total. The van der Waals surface area contributed by atoms with E-state index >= 15 is 0 Å². The third-order valence-electron chi connectivity index (χ3n) is 6.37. The van der Waals surface area contributed by atoms with E-state index in [1.165, 1.54) is 77.7 Å². The summed E-state index contributed by atoms with van der Waals surface area (Å²) in [5.41, 5.74) is 0. The summed E-state index contributed by atoms with van der Waals surface area (Å²) in [5.74, 6) is 2.85. The SMILES string of the molecule is C1=C[C@H]2C[C@@H]1C[C@H]2CN1CCC(N2CCCCC2)CC1. The number of nitrogens with zero attached hydrogens (tertiary/aromatic N) is 2. The zero-order chi connectivity index (χ0) is 13.4. The van der Waals surface area contributed by atoms with Gasteiger partial charge in [-0.15, -0.1) is 0 Å². The summed E-state index contributed by atoms with van der Waals surface area (Å²) in [6.45, 7) is 6.86. The van der Waals surface area contributed by atoms with Crippen molar-refractivity contribution in [3.05, 3.63) is 12.2 Å². The van der Waals surface area contributed by atoms with Crippen molar-refractivity contribution in [2.24, 2.45) is 17.8 Å². The quantitative estimate of drug-likeness (QED) is 0.730. The molecule has 4 aliphatic rings. The second-order valence-corrected chi connectivity index (χ2v) is 7.67. The first kappa shape index (κ1) is 13.3. The molecule has 20 heavy (non-hydrogen) atoms. The average molecular weight is 274 g/mol. The van der Waals surface area contributed by atoms with E-state index in [-0.39, 0.29) is 0 Å². The fourth-order valence-corrected chi connectivity index (χ4v) is 5.19. The minimum atomic E-state index is 0.909. The molecule has 0 aromatic rings. The lowest BCUT2D eigenvalue weighted by Gasteiger charge is -2.41. The monoisotopic (exact) mass is 274 g/mol. The molecule has 0 aromatic carbocycles. The van der Waals surface area contributed by atoms with Gasteiger partial charge in [-0.25, -0.2) is 0 Å². The highest BCUT2D eigenvalue weighted by atomic mass is 15.2. The topological polar surface area (TPSA) is 6.48 Å². The van der Waals surface area contributed by atoms with Gasteiger partial charge in [-0.1, -0.05) is 18.6 Å². The molecule has 0 aromatic heterocycles. The molecule has 3 atom stereocenters. The molecule has 2 bridgehead atoms. The number of piperidine rings is 2. The van der Waals surface area contributed by atoms with Crippen molar-refractivity contribution >= 4 is 0 Å². The molecule has 2 aliphatic heterocycles. The van der Waals surface area contributed by atoms with Crippen molar-refractivity contribution in [2.45, 2.75) is 51.0 Å². The van der Waals surface area contributed by atoms with Crippen LogP contribution in [0.1, 0.15) is 44.9 Å². The second kappa shape index (κ2) is 5.81. The molecule has 0 N–H and O–H groups in total. The Balaban J connectivity index is 1.24. The largest absolute Gasteiger partial charge is 0.303 e. The Morgan fingerprint density at radius 2 is 1.65 bits per heavy atom. The highest BCUT2D eigenvalue weighted by Crippen LogP contribution is 2.43. The Labute approximate surface area is 124 Å². The van der Waals surface area contributed by atoms with Gasteiger partial charge >= 0.3 is 0 Å². The molecular weight excluding hydrogens is 244 g/mol. The third kappa shape index (κ3) is 2.69. The number of fused-ring (bicyclic) bond motifs is 2. The number of allylic oxidation sites excluding steroid dienone is 2. The molecule has 112 valence electrons. The van der Waals surface area contributed by atoms with E-state index in [1.54, 1.807) is 0 Å². The minimum Gasteiger partial charge on any atom is -0.303 e. The predicted molar refractivity (Wildman–Crippen MR) is 83.7 cm³/mol. The molecule has 2 heteroatoms. The molecule has 0 amide bonds. The molecule has 0 unspecified atom stereocenters. The van der Waals surface area contributed by atoms with Gasteiger partial charge in [-0.05, 0) is 82.5 Å². The minimum absolute atomic E-state index is 0.909. The summed E-state index contributed by atoms with van der Waals surface area (Å²) in [6, 6.07) is 0.909. The first-order valence-electron chi connectivity index (χ1n) is 9.03. The molecule has 2 saturated heterocycles. The van der Waals surface area contributed by atoms with Crippen LogP contribution in [0.15, 0.2) is 12.2 Å². The summed E-state index contributed by atoms with van der Waals surface area (Å²) in [7, 11) is 0. The lowest BCUT2D eigenvalue weighted by Crippen LogP contribution is -2.47. The van der Waals surface area contributed by atoms with Crippen LogP contribution in [0, 0.1) is 17.8 Å². The Morgan fingerprint density at radius 1 is 0.850 bits per heavy atom. The normalized spacial score (nSPS) is 39.7. The van der Waals surface area contributed by atoms with Crippen molar-refractivity contribution in [3.8, 4) is 0 Å². The van der Waals surface area contributed by atoms with E-state index in [0.29, 0.717) is 0 Å². The van der Waals surface area contributed by atoms with Crippen LogP contribution >= 0.6 is 0 Å². The number of hydrogen-bond acceptors (Lipinski definition) is 2. The van der Waals surface area contributed by atoms with E-state index in [1.807, 2.05) is 0 Å². The Bertz CT molecular complexity index is 350. The molecule has 0 radical (unpaired) electrons. The van der Waals surface area contributed by atoms with Crippen LogP contribution < -0.4 is 0 Å². The first-order valence-corrected chi connectivity index (χ1v) is 9.03. The fourth-order valence-electron chi connectivity index (χ4n) is 5.19. The lowest BCUT2D eigenvalue weighted by molar-refractivity contribution is 0.0830. The maximum absolute atomic E-state index is 2.79. The van der Waals surface area contributed by atoms with Crippen molar-refractivity contribution in [3.63, 3.8) is 0 Å². The van der Waals surface area contributed by atoms with Crippen molar-refractivity contribution in [1.29, 1.82) is 0 Å². The highest BCUT2D eigenvalue weighted by molar-refractivity contribution is 5.10. The van der Waals surface area contributed by atoms with Crippen LogP contribution in [0.25, 0.3) is 0 Å². The Hall–Kier alpha value is -0.340. The fraction of sp³-hybridized carbons (Fsp3) is 0.889. The average Bonchev–Trinajstić information content (AvgIpc) is 3.12. The maximum Gasteiger partial charge on any atom is 0.0120 e. The van der Waals surface area contributed by atoms with Crippen LogP contribution in [-0.4, -0.2) is 48.6 Å². The van der Waals surface area contributed by atoms with Crippen molar-refractivity contribution in [1.82, 2.24) is 9.80 Å². The van der Waals surface area contributed by atoms with Gasteiger partial charge in [0.2, 0.25) is 0 Å². The van der Waals surface area contributed by atoms with E-state index in [0.717, 1.165) is 23.8 Å². The lowest BCUT2D eigenvalue weighted by atomic mass is 9.92. The molecule has 2 heterocycles. The standard InChI is InChI=1S/C18H30N2/c1-2-8-20(9-3-1)18-6-10-19(11-7-18)14-17-13-15-4-5-16(17)12-15/h4-5,15-18H,1-3,6-14H2/t15-,16+,17+/m1/s1. The summed E-state index contributed by atoms with van der Waals surface area (Å²) in [6.07, 6.45) is 15.1. The van der Waals surface area contributed by atoms with E-state index in [4.69, 9.17) is 0 Å². The second-order valence-electron chi connectivity index (χ2n) is 7.67. The summed E-state index contributed by atoms with van der Waals surface area (Å²) >= 11 is 0. The van der Waals surface area contributed by atoms with Crippen LogP contribution in [0.5, 0.6) is 0 Å². The van der Waals surface area contributed by atoms with Crippen LogP contribution in [-0.2, 0) is 0 Å². The maximum atomic E-state index is 2.79. The number of likely N-dealkylation sites (tertiary alicyclic amines) is 2. The predicted octanol–water partition coefficient (Wildman–Crippen LogP) is 3.15. The van der Waals surface area contributed by atoms with Crippen LogP contribution in [0.4, 0.5) is 0 Å². The van der Waals surface area contributed by atoms with Gasteiger partial charge in [-0.2, -0.15) is 0 Å². The smallest absolute Gasteiger partial charge is 0.0120 e. The van der Waals surface area contributed by atoms with Crippen LogP contribution in [0.3, 0.4) is 0 Å². The van der Waals surface area contributed by atoms with Crippen LogP contribution in [0.2, 0.25) is 0 Å². The van der Waals surface area contributed by atoms with Gasteiger partial charge in [-0.3, -0.25) is 0 Å². The van der Waals surface area contributed by atoms with Gasteiger partial charge in [0.1, 0.15) is 0 Å². The summed E-state index contributed by atoms with van der Waals surface area (Å²) < 4.78 is 0. The van der Waals surface area contributed by atoms with Gasteiger partial charge in [0.05, 0.1) is 0 Å². The third-order valence-corrected chi connectivity index (χ3v) is 6.37. The van der Waals surface area contributed by atoms with Gasteiger partial charge in [0, 0.05) is 12.6 Å². The molecule has 1 saturated carbocycles. The number of rotatable bonds is 3. The Morgan fingerprint density at radius 3 is 2.30 bits per heavy atom. The van der Waals surface area contributed by atoms with Gasteiger partial charge < -0.3 is 9.80 Å².